The number of piperazine rings is 1. The number of hydrogen-bond acceptors (Lipinski definition) is 9. The summed E-state index contributed by atoms with van der Waals surface area (Å²) in [6.07, 6.45) is 0.640. The Morgan fingerprint density at radius 1 is 0.976 bits per heavy atom. The predicted molar refractivity (Wildman–Crippen MR) is 163 cm³/mol. The molecule has 0 spiro atoms. The van der Waals surface area contributed by atoms with E-state index in [1.807, 2.05) is 0 Å². The van der Waals surface area contributed by atoms with E-state index < -0.39 is 49.8 Å². The van der Waals surface area contributed by atoms with Crippen molar-refractivity contribution in [1.29, 1.82) is 0 Å². The molecule has 1 aromatic heterocycles. The highest BCUT2D eigenvalue weighted by atomic mass is 32.1. The molecular weight excluding hydrogens is 578 g/mol. The second kappa shape index (κ2) is 12.2. The number of carboxylic acid groups (broad SMARTS) is 1. The molecule has 11 nitrogen and oxygen atoms in total. The van der Waals surface area contributed by atoms with Gasteiger partial charge in [-0.3, -0.25) is 4.90 Å². The monoisotopic (exact) mass is 625 g/mol. The molecule has 2 amide bonds. The Morgan fingerprint density at radius 2 is 1.57 bits per heavy atom. The fourth-order valence-electron chi connectivity index (χ4n) is 4.59. The number of carbonyl (C=O) groups is 3. The van der Waals surface area contributed by atoms with Crippen molar-refractivity contribution in [3.8, 4) is 5.19 Å². The van der Waals surface area contributed by atoms with Crippen molar-refractivity contribution < 1.29 is 38.1 Å². The van der Waals surface area contributed by atoms with Gasteiger partial charge in [-0.1, -0.05) is 32.1 Å². The molecule has 3 heterocycles. The average molecular weight is 626 g/mol. The summed E-state index contributed by atoms with van der Waals surface area (Å²) in [5.74, 6) is -1.17. The van der Waals surface area contributed by atoms with Crippen LogP contribution in [0.1, 0.15) is 73.6 Å². The summed E-state index contributed by atoms with van der Waals surface area (Å²) in [4.78, 5) is 47.1. The van der Waals surface area contributed by atoms with Crippen LogP contribution in [0.3, 0.4) is 0 Å². The number of carboxylic acids is 1. The van der Waals surface area contributed by atoms with E-state index in [2.05, 4.69) is 38.8 Å². The smallest absolute Gasteiger partial charge is 0.411 e. The molecule has 236 valence electrons. The van der Waals surface area contributed by atoms with Gasteiger partial charge in [0.15, 0.2) is 8.32 Å². The third-order valence-corrected chi connectivity index (χ3v) is 13.0. The highest BCUT2D eigenvalue weighted by Crippen LogP contribution is 2.42. The first kappa shape index (κ1) is 33.9. The van der Waals surface area contributed by atoms with E-state index >= 15 is 0 Å². The molecule has 2 aliphatic heterocycles. The molecule has 2 atom stereocenters. The fraction of sp³-hybridized carbons (Fsp3) is 0.724. The van der Waals surface area contributed by atoms with E-state index in [1.54, 1.807) is 47.7 Å². The standard InChI is InChI=1S/C29H47N3O8SSi/c1-27(2,3)39-25(35)31-16-18-14-19(22(23(33)34)20(17-31)32(18)26(36)40-28(4,5)6)21-15-30-24(41-21)37-12-13-38-42(10,11)29(7,8)9/h15,18,20H,12-14,16-17H2,1-11H3,(H,33,34)/t18?,20-/m1/s1. The van der Waals surface area contributed by atoms with Gasteiger partial charge < -0.3 is 28.6 Å². The summed E-state index contributed by atoms with van der Waals surface area (Å²) < 4.78 is 23.3. The zero-order valence-corrected chi connectivity index (χ0v) is 28.6. The summed E-state index contributed by atoms with van der Waals surface area (Å²) in [7, 11) is -1.91. The molecular formula is C29H47N3O8SSi. The predicted octanol–water partition coefficient (Wildman–Crippen LogP) is 6.01. The van der Waals surface area contributed by atoms with E-state index in [9.17, 15) is 19.5 Å². The van der Waals surface area contributed by atoms with Gasteiger partial charge in [0.2, 0.25) is 0 Å². The Hall–Kier alpha value is -2.64. The van der Waals surface area contributed by atoms with Crippen molar-refractivity contribution in [2.24, 2.45) is 0 Å². The Labute approximate surface area is 254 Å². The van der Waals surface area contributed by atoms with Crippen LogP contribution in [-0.4, -0.2) is 96.0 Å². The molecule has 13 heteroatoms. The van der Waals surface area contributed by atoms with Gasteiger partial charge in [-0.25, -0.2) is 19.4 Å². The maximum absolute atomic E-state index is 13.3. The van der Waals surface area contributed by atoms with Crippen LogP contribution in [0.5, 0.6) is 5.19 Å². The lowest BCUT2D eigenvalue weighted by Gasteiger charge is -2.50. The molecule has 1 unspecified atom stereocenters. The van der Waals surface area contributed by atoms with Crippen molar-refractivity contribution >= 4 is 43.4 Å². The lowest BCUT2D eigenvalue weighted by atomic mass is 9.84. The van der Waals surface area contributed by atoms with Crippen molar-refractivity contribution in [3.63, 3.8) is 0 Å². The van der Waals surface area contributed by atoms with Gasteiger partial charge in [-0.05, 0) is 71.7 Å². The van der Waals surface area contributed by atoms with Crippen LogP contribution >= 0.6 is 11.3 Å². The summed E-state index contributed by atoms with van der Waals surface area (Å²) in [6.45, 7) is 22.4. The van der Waals surface area contributed by atoms with Crippen LogP contribution in [0, 0.1) is 0 Å². The zero-order valence-electron chi connectivity index (χ0n) is 26.8. The first-order chi connectivity index (χ1) is 19.1. The molecule has 2 bridgehead atoms. The first-order valence-electron chi connectivity index (χ1n) is 14.3. The van der Waals surface area contributed by atoms with Crippen molar-refractivity contribution in [1.82, 2.24) is 14.8 Å². The number of aliphatic carboxylic acids is 1. The molecule has 42 heavy (non-hydrogen) atoms. The summed E-state index contributed by atoms with van der Waals surface area (Å²) >= 11 is 1.26. The van der Waals surface area contributed by atoms with Crippen LogP contribution in [0.2, 0.25) is 18.1 Å². The molecule has 0 saturated carbocycles. The van der Waals surface area contributed by atoms with Gasteiger partial charge in [0.05, 0.1) is 29.1 Å². The minimum Gasteiger partial charge on any atom is -0.478 e. The topological polar surface area (TPSA) is 128 Å². The summed E-state index contributed by atoms with van der Waals surface area (Å²) in [5, 5.41) is 10.9. The Morgan fingerprint density at radius 3 is 2.12 bits per heavy atom. The van der Waals surface area contributed by atoms with Crippen molar-refractivity contribution in [2.75, 3.05) is 26.3 Å². The number of fused-ring (bicyclic) bond motifs is 2. The number of carbonyl (C=O) groups excluding carboxylic acids is 2. The number of hydrogen-bond donors (Lipinski definition) is 1. The van der Waals surface area contributed by atoms with Gasteiger partial charge in [0.25, 0.3) is 5.19 Å². The van der Waals surface area contributed by atoms with Gasteiger partial charge in [-0.2, -0.15) is 0 Å². The number of ether oxygens (including phenoxy) is 3. The van der Waals surface area contributed by atoms with Crippen molar-refractivity contribution in [2.45, 2.75) is 110 Å². The highest BCUT2D eigenvalue weighted by molar-refractivity contribution is 7.14. The molecule has 2 aliphatic rings. The van der Waals surface area contributed by atoms with E-state index in [0.717, 1.165) is 0 Å². The van der Waals surface area contributed by atoms with E-state index in [-0.39, 0.29) is 30.1 Å². The number of nitrogens with zero attached hydrogens (tertiary/aromatic N) is 3. The third-order valence-electron chi connectivity index (χ3n) is 7.50. The molecule has 0 radical (unpaired) electrons. The Balaban J connectivity index is 1.88. The maximum Gasteiger partial charge on any atom is 0.411 e. The zero-order chi connectivity index (χ0) is 31.8. The SMILES string of the molecule is CC(C)(C)OC(=O)N1CC2CC(c3cnc(OCCO[Si](C)(C)C(C)(C)C)s3)=C(C(=O)O)[C@@H](C1)N2C(=O)OC(C)(C)C. The highest BCUT2D eigenvalue weighted by Gasteiger charge is 2.49. The molecule has 0 aliphatic carbocycles. The molecule has 0 aromatic carbocycles. The summed E-state index contributed by atoms with van der Waals surface area (Å²) in [6, 6.07) is -1.45. The van der Waals surface area contributed by atoms with Crippen molar-refractivity contribution in [3.05, 3.63) is 16.6 Å². The van der Waals surface area contributed by atoms with E-state index in [4.69, 9.17) is 18.6 Å². The Kier molecular flexibility index (Phi) is 9.80. The second-order valence-electron chi connectivity index (χ2n) is 14.3. The largest absolute Gasteiger partial charge is 0.478 e. The van der Waals surface area contributed by atoms with Crippen LogP contribution < -0.4 is 4.74 Å². The third kappa shape index (κ3) is 8.25. The van der Waals surface area contributed by atoms with Gasteiger partial charge in [0, 0.05) is 19.3 Å². The lowest BCUT2D eigenvalue weighted by Crippen LogP contribution is -2.65. The minimum absolute atomic E-state index is 0.0295. The maximum atomic E-state index is 13.3. The normalized spacial score (nSPS) is 20.0. The van der Waals surface area contributed by atoms with Gasteiger partial charge in [-0.15, -0.1) is 0 Å². The van der Waals surface area contributed by atoms with Crippen LogP contribution in [0.4, 0.5) is 9.59 Å². The minimum atomic E-state index is -1.91. The lowest BCUT2D eigenvalue weighted by molar-refractivity contribution is -0.134. The average Bonchev–Trinajstić information content (AvgIpc) is 3.26. The number of aromatic nitrogens is 1. The molecule has 1 aromatic rings. The van der Waals surface area contributed by atoms with E-state index in [1.165, 1.54) is 21.1 Å². The molecule has 1 fully saturated rings. The second-order valence-corrected chi connectivity index (χ2v) is 20.1. The van der Waals surface area contributed by atoms with Gasteiger partial charge >= 0.3 is 18.2 Å². The first-order valence-corrected chi connectivity index (χ1v) is 18.0. The fourth-order valence-corrected chi connectivity index (χ4v) is 6.47. The van der Waals surface area contributed by atoms with Gasteiger partial charge in [0.1, 0.15) is 17.8 Å². The molecule has 3 rings (SSSR count). The quantitative estimate of drug-likeness (QED) is 0.286. The van der Waals surface area contributed by atoms with Crippen LogP contribution in [-0.2, 0) is 18.7 Å². The number of thiazole rings is 1. The molecule has 1 saturated heterocycles. The number of amides is 2. The Bertz CT molecular complexity index is 1210. The van der Waals surface area contributed by atoms with E-state index in [0.29, 0.717) is 28.9 Å². The number of rotatable bonds is 7. The molecule has 1 N–H and O–H groups in total. The van der Waals surface area contributed by atoms with Crippen LogP contribution in [0.25, 0.3) is 5.57 Å². The van der Waals surface area contributed by atoms with Crippen LogP contribution in [0.15, 0.2) is 11.8 Å². The summed E-state index contributed by atoms with van der Waals surface area (Å²) in [5.41, 5.74) is -0.894.